The van der Waals surface area contributed by atoms with Gasteiger partial charge in [0.05, 0.1) is 0 Å². The number of piperidine rings is 1. The first-order chi connectivity index (χ1) is 10.1. The van der Waals surface area contributed by atoms with E-state index in [-0.39, 0.29) is 17.9 Å². The Balaban J connectivity index is 2.26. The van der Waals surface area contributed by atoms with Crippen LogP contribution >= 0.6 is 15.9 Å². The number of likely N-dealkylation sites (N-methyl/N-ethyl adjacent to an activating group) is 1. The van der Waals surface area contributed by atoms with Gasteiger partial charge in [-0.25, -0.2) is 0 Å². The van der Waals surface area contributed by atoms with Gasteiger partial charge in [0.25, 0.3) is 5.91 Å². The van der Waals surface area contributed by atoms with Crippen molar-refractivity contribution in [2.24, 2.45) is 0 Å². The number of aryl methyl sites for hydroxylation is 1. The summed E-state index contributed by atoms with van der Waals surface area (Å²) in [4.78, 5) is 26.6. The number of hydrogen-bond acceptors (Lipinski definition) is 2. The van der Waals surface area contributed by atoms with Gasteiger partial charge in [0.15, 0.2) is 0 Å². The highest BCUT2D eigenvalue weighted by Crippen LogP contribution is 2.23. The first kappa shape index (κ1) is 16.1. The summed E-state index contributed by atoms with van der Waals surface area (Å²) >= 11 is 3.43. The monoisotopic (exact) mass is 355 g/mol. The number of hydrogen-bond donors (Lipinski definition) is 1. The molecule has 5 nitrogen and oxygen atoms in total. The van der Waals surface area contributed by atoms with Crippen LogP contribution in [0.5, 0.6) is 0 Å². The van der Waals surface area contributed by atoms with Gasteiger partial charge in [-0.1, -0.05) is 6.92 Å². The molecule has 1 fully saturated rings. The average molecular weight is 356 g/mol. The number of halogens is 1. The minimum absolute atomic E-state index is 0.0533. The van der Waals surface area contributed by atoms with Crippen LogP contribution in [0.15, 0.2) is 16.7 Å². The highest BCUT2D eigenvalue weighted by molar-refractivity contribution is 9.10. The Morgan fingerprint density at radius 1 is 1.43 bits per heavy atom. The topological polar surface area (TPSA) is 54.3 Å². The zero-order valence-electron chi connectivity index (χ0n) is 12.6. The quantitative estimate of drug-likeness (QED) is 0.901. The number of amides is 2. The molecule has 0 aromatic carbocycles. The number of likely N-dealkylation sites (tertiary alicyclic amines) is 1. The van der Waals surface area contributed by atoms with E-state index in [1.54, 1.807) is 11.9 Å². The molecule has 6 heteroatoms. The largest absolute Gasteiger partial charge is 0.357 e. The smallest absolute Gasteiger partial charge is 0.271 e. The van der Waals surface area contributed by atoms with Gasteiger partial charge in [0.2, 0.25) is 5.91 Å². The fraction of sp³-hybridized carbons (Fsp3) is 0.600. The second-order valence-electron chi connectivity index (χ2n) is 5.36. The Hall–Kier alpha value is -1.30. The molecule has 116 valence electrons. The molecule has 0 saturated carbocycles. The second-order valence-corrected chi connectivity index (χ2v) is 6.28. The zero-order valence-corrected chi connectivity index (χ0v) is 14.1. The molecule has 1 atom stereocenters. The summed E-state index contributed by atoms with van der Waals surface area (Å²) in [6.45, 7) is 3.52. The molecular weight excluding hydrogens is 334 g/mol. The van der Waals surface area contributed by atoms with Gasteiger partial charge in [-0.15, -0.1) is 0 Å². The minimum Gasteiger partial charge on any atom is -0.357 e. The minimum atomic E-state index is -0.347. The van der Waals surface area contributed by atoms with E-state index < -0.39 is 0 Å². The maximum atomic E-state index is 12.8. The maximum absolute atomic E-state index is 12.8. The lowest BCUT2D eigenvalue weighted by molar-refractivity contribution is -0.126. The lowest BCUT2D eigenvalue weighted by Gasteiger charge is -2.34. The van der Waals surface area contributed by atoms with Gasteiger partial charge in [0, 0.05) is 30.8 Å². The molecule has 1 aromatic rings. The molecule has 1 saturated heterocycles. The van der Waals surface area contributed by atoms with Crippen molar-refractivity contribution in [3.63, 3.8) is 0 Å². The van der Waals surface area contributed by atoms with Crippen molar-refractivity contribution in [1.29, 1.82) is 0 Å². The molecule has 2 rings (SSSR count). The molecule has 2 amide bonds. The molecule has 1 N–H and O–H groups in total. The molecule has 2 heterocycles. The van der Waals surface area contributed by atoms with Gasteiger partial charge in [-0.2, -0.15) is 0 Å². The maximum Gasteiger partial charge on any atom is 0.271 e. The van der Waals surface area contributed by atoms with Gasteiger partial charge in [-0.3, -0.25) is 9.59 Å². The van der Waals surface area contributed by atoms with Crippen LogP contribution in [0.3, 0.4) is 0 Å². The van der Waals surface area contributed by atoms with Crippen molar-refractivity contribution < 1.29 is 9.59 Å². The molecule has 1 unspecified atom stereocenters. The van der Waals surface area contributed by atoms with E-state index in [0.29, 0.717) is 12.2 Å². The third-order valence-corrected chi connectivity index (χ3v) is 4.29. The average Bonchev–Trinajstić information content (AvgIpc) is 2.87. The highest BCUT2D eigenvalue weighted by atomic mass is 79.9. The molecule has 0 bridgehead atoms. The lowest BCUT2D eigenvalue weighted by atomic mass is 10.0. The summed E-state index contributed by atoms with van der Waals surface area (Å²) in [7, 11) is 1.62. The number of nitrogens with zero attached hydrogens (tertiary/aromatic N) is 2. The van der Waals surface area contributed by atoms with Crippen molar-refractivity contribution in [2.45, 2.75) is 45.2 Å². The normalized spacial score (nSPS) is 18.6. The van der Waals surface area contributed by atoms with Crippen LogP contribution in [-0.4, -0.2) is 40.9 Å². The van der Waals surface area contributed by atoms with Crippen LogP contribution in [-0.2, 0) is 11.3 Å². The van der Waals surface area contributed by atoms with E-state index >= 15 is 0 Å². The standard InChI is InChI=1S/C15H22BrN3O2/c1-3-7-18-10-11(16)9-13(18)15(21)19-8-5-4-6-12(19)14(20)17-2/h9-10,12H,3-8H2,1-2H3,(H,17,20). The van der Waals surface area contributed by atoms with Gasteiger partial charge in [-0.05, 0) is 47.7 Å². The van der Waals surface area contributed by atoms with Crippen LogP contribution in [0.2, 0.25) is 0 Å². The van der Waals surface area contributed by atoms with Crippen LogP contribution in [0.25, 0.3) is 0 Å². The number of carbonyl (C=O) groups is 2. The number of aromatic nitrogens is 1. The molecule has 1 aliphatic rings. The number of nitrogens with one attached hydrogen (secondary N) is 1. The van der Waals surface area contributed by atoms with Crippen LogP contribution < -0.4 is 5.32 Å². The molecule has 0 aliphatic carbocycles. The van der Waals surface area contributed by atoms with Gasteiger partial charge in [0.1, 0.15) is 11.7 Å². The van der Waals surface area contributed by atoms with Crippen molar-refractivity contribution in [1.82, 2.24) is 14.8 Å². The summed E-state index contributed by atoms with van der Waals surface area (Å²) in [6.07, 6.45) is 5.56. The Labute approximate surface area is 133 Å². The third-order valence-electron chi connectivity index (χ3n) is 3.86. The molecule has 1 aromatic heterocycles. The van der Waals surface area contributed by atoms with Crippen molar-refractivity contribution >= 4 is 27.7 Å². The predicted molar refractivity (Wildman–Crippen MR) is 85.2 cm³/mol. The fourth-order valence-corrected chi connectivity index (χ4v) is 3.30. The van der Waals surface area contributed by atoms with Crippen LogP contribution in [0.4, 0.5) is 0 Å². The number of carbonyl (C=O) groups excluding carboxylic acids is 2. The molecule has 0 radical (unpaired) electrons. The number of rotatable bonds is 4. The van der Waals surface area contributed by atoms with E-state index in [2.05, 4.69) is 28.2 Å². The summed E-state index contributed by atoms with van der Waals surface area (Å²) in [5.41, 5.74) is 0.652. The van der Waals surface area contributed by atoms with Gasteiger partial charge >= 0.3 is 0 Å². The Bertz CT molecular complexity index is 527. The summed E-state index contributed by atoms with van der Waals surface area (Å²) in [5, 5.41) is 2.67. The van der Waals surface area contributed by atoms with Crippen LogP contribution in [0.1, 0.15) is 43.1 Å². The van der Waals surface area contributed by atoms with Crippen LogP contribution in [0, 0.1) is 0 Å². The van der Waals surface area contributed by atoms with E-state index in [0.717, 1.165) is 36.7 Å². The zero-order chi connectivity index (χ0) is 15.4. The molecule has 1 aliphatic heterocycles. The predicted octanol–water partition coefficient (Wildman–Crippen LogP) is 2.40. The molecule has 21 heavy (non-hydrogen) atoms. The second kappa shape index (κ2) is 7.11. The summed E-state index contributed by atoms with van der Waals surface area (Å²) < 4.78 is 2.86. The van der Waals surface area contributed by atoms with E-state index in [1.807, 2.05) is 16.8 Å². The van der Waals surface area contributed by atoms with Gasteiger partial charge < -0.3 is 14.8 Å². The van der Waals surface area contributed by atoms with Crippen molar-refractivity contribution in [2.75, 3.05) is 13.6 Å². The molecule has 0 spiro atoms. The van der Waals surface area contributed by atoms with Crippen molar-refractivity contribution in [3.05, 3.63) is 22.4 Å². The highest BCUT2D eigenvalue weighted by Gasteiger charge is 2.33. The first-order valence-corrected chi connectivity index (χ1v) is 8.26. The Kier molecular flexibility index (Phi) is 5.45. The van der Waals surface area contributed by atoms with E-state index in [4.69, 9.17) is 0 Å². The third kappa shape index (κ3) is 3.48. The van der Waals surface area contributed by atoms with E-state index in [9.17, 15) is 9.59 Å². The SMILES string of the molecule is CCCn1cc(Br)cc1C(=O)N1CCCCC1C(=O)NC. The molecular formula is C15H22BrN3O2. The van der Waals surface area contributed by atoms with Crippen molar-refractivity contribution in [3.8, 4) is 0 Å². The summed E-state index contributed by atoms with van der Waals surface area (Å²) in [5.74, 6) is -0.127. The Morgan fingerprint density at radius 2 is 2.19 bits per heavy atom. The Morgan fingerprint density at radius 3 is 2.86 bits per heavy atom. The van der Waals surface area contributed by atoms with E-state index in [1.165, 1.54) is 0 Å². The lowest BCUT2D eigenvalue weighted by Crippen LogP contribution is -2.51. The fourth-order valence-electron chi connectivity index (χ4n) is 2.84. The first-order valence-electron chi connectivity index (χ1n) is 7.46. The summed E-state index contributed by atoms with van der Waals surface area (Å²) in [6, 6.07) is 1.49.